The summed E-state index contributed by atoms with van der Waals surface area (Å²) >= 11 is 0. The molecule has 0 radical (unpaired) electrons. The van der Waals surface area contributed by atoms with Crippen LogP contribution in [-0.2, 0) is 14.8 Å². The third-order valence-corrected chi connectivity index (χ3v) is 5.04. The van der Waals surface area contributed by atoms with Crippen molar-refractivity contribution in [3.05, 3.63) is 23.8 Å². The van der Waals surface area contributed by atoms with Crippen LogP contribution in [0, 0.1) is 6.92 Å². The van der Waals surface area contributed by atoms with E-state index in [4.69, 9.17) is 5.73 Å². The Morgan fingerprint density at radius 1 is 1.45 bits per heavy atom. The molecule has 0 saturated heterocycles. The van der Waals surface area contributed by atoms with Gasteiger partial charge in [0.05, 0.1) is 12.2 Å². The number of anilines is 1. The van der Waals surface area contributed by atoms with Crippen LogP contribution in [0.1, 0.15) is 18.4 Å². The van der Waals surface area contributed by atoms with Crippen molar-refractivity contribution >= 4 is 21.6 Å². The highest BCUT2D eigenvalue weighted by molar-refractivity contribution is 7.89. The Kier molecular flexibility index (Phi) is 4.01. The van der Waals surface area contributed by atoms with Gasteiger partial charge >= 0.3 is 0 Å². The fraction of sp³-hybridized carbons (Fsp3) is 0.462. The highest BCUT2D eigenvalue weighted by Crippen LogP contribution is 2.23. The molecule has 0 spiro atoms. The number of nitrogen functional groups attached to an aromatic ring is 1. The van der Waals surface area contributed by atoms with E-state index in [1.807, 2.05) is 6.92 Å². The monoisotopic (exact) mass is 297 g/mol. The van der Waals surface area contributed by atoms with Crippen LogP contribution in [0.3, 0.4) is 0 Å². The SMILES string of the molecule is Cc1ccc(S(=O)(=O)N(C)CC(=O)NC2CC2)c(N)c1. The van der Waals surface area contributed by atoms with Crippen LogP contribution in [0.25, 0.3) is 0 Å². The van der Waals surface area contributed by atoms with E-state index in [2.05, 4.69) is 5.32 Å². The normalized spacial score (nSPS) is 15.3. The van der Waals surface area contributed by atoms with Gasteiger partial charge in [-0.15, -0.1) is 0 Å². The molecule has 6 nitrogen and oxygen atoms in total. The number of nitrogens with zero attached hydrogens (tertiary/aromatic N) is 1. The molecule has 1 aliphatic carbocycles. The molecule has 20 heavy (non-hydrogen) atoms. The summed E-state index contributed by atoms with van der Waals surface area (Å²) in [6, 6.07) is 4.96. The smallest absolute Gasteiger partial charge is 0.245 e. The number of carbonyl (C=O) groups is 1. The summed E-state index contributed by atoms with van der Waals surface area (Å²) in [5.41, 5.74) is 6.84. The predicted octanol–water partition coefficient (Wildman–Crippen LogP) is 0.476. The number of hydrogen-bond donors (Lipinski definition) is 2. The molecule has 0 aliphatic heterocycles. The van der Waals surface area contributed by atoms with Gasteiger partial charge in [0, 0.05) is 13.1 Å². The summed E-state index contributed by atoms with van der Waals surface area (Å²) in [5, 5.41) is 2.76. The summed E-state index contributed by atoms with van der Waals surface area (Å²) in [7, 11) is -2.37. The summed E-state index contributed by atoms with van der Waals surface area (Å²) in [6.07, 6.45) is 1.93. The molecule has 0 aromatic heterocycles. The minimum absolute atomic E-state index is 0.0322. The van der Waals surface area contributed by atoms with Crippen molar-refractivity contribution in [2.45, 2.75) is 30.7 Å². The summed E-state index contributed by atoms with van der Waals surface area (Å²) < 4.78 is 25.8. The maximum atomic E-state index is 12.4. The van der Waals surface area contributed by atoms with Gasteiger partial charge in [-0.05, 0) is 37.5 Å². The van der Waals surface area contributed by atoms with E-state index < -0.39 is 10.0 Å². The van der Waals surface area contributed by atoms with Gasteiger partial charge in [0.1, 0.15) is 4.90 Å². The van der Waals surface area contributed by atoms with Crippen molar-refractivity contribution in [1.29, 1.82) is 0 Å². The zero-order valence-electron chi connectivity index (χ0n) is 11.6. The molecule has 0 atom stereocenters. The summed E-state index contributed by atoms with van der Waals surface area (Å²) in [6.45, 7) is 1.63. The summed E-state index contributed by atoms with van der Waals surface area (Å²) in [4.78, 5) is 11.7. The van der Waals surface area contributed by atoms with E-state index in [0.717, 1.165) is 22.7 Å². The van der Waals surface area contributed by atoms with Gasteiger partial charge in [0.15, 0.2) is 0 Å². The number of rotatable bonds is 5. The van der Waals surface area contributed by atoms with Crippen LogP contribution < -0.4 is 11.1 Å². The molecule has 2 rings (SSSR count). The molecule has 110 valence electrons. The second kappa shape index (κ2) is 5.41. The Morgan fingerprint density at radius 3 is 2.65 bits per heavy atom. The maximum absolute atomic E-state index is 12.4. The number of amides is 1. The topological polar surface area (TPSA) is 92.5 Å². The molecule has 1 aromatic carbocycles. The minimum Gasteiger partial charge on any atom is -0.398 e. The first kappa shape index (κ1) is 14.8. The minimum atomic E-state index is -3.75. The third-order valence-electron chi connectivity index (χ3n) is 3.16. The van der Waals surface area contributed by atoms with Crippen molar-refractivity contribution in [3.63, 3.8) is 0 Å². The van der Waals surface area contributed by atoms with Crippen molar-refractivity contribution in [1.82, 2.24) is 9.62 Å². The number of carbonyl (C=O) groups excluding carboxylic acids is 1. The Labute approximate surface area is 119 Å². The van der Waals surface area contributed by atoms with Crippen molar-refractivity contribution in [2.24, 2.45) is 0 Å². The van der Waals surface area contributed by atoms with Gasteiger partial charge in [0.25, 0.3) is 0 Å². The van der Waals surface area contributed by atoms with Gasteiger partial charge in [-0.1, -0.05) is 6.07 Å². The highest BCUT2D eigenvalue weighted by atomic mass is 32.2. The lowest BCUT2D eigenvalue weighted by atomic mass is 10.2. The molecule has 0 bridgehead atoms. The zero-order valence-corrected chi connectivity index (χ0v) is 12.4. The Morgan fingerprint density at radius 2 is 2.10 bits per heavy atom. The quantitative estimate of drug-likeness (QED) is 0.773. The predicted molar refractivity (Wildman–Crippen MR) is 76.6 cm³/mol. The molecular weight excluding hydrogens is 278 g/mol. The first-order valence-electron chi connectivity index (χ1n) is 6.42. The molecule has 7 heteroatoms. The molecule has 0 heterocycles. The lowest BCUT2D eigenvalue weighted by Crippen LogP contribution is -2.39. The molecular formula is C13H19N3O3S. The van der Waals surface area contributed by atoms with Crippen LogP contribution in [0.4, 0.5) is 5.69 Å². The molecule has 3 N–H and O–H groups in total. The van der Waals surface area contributed by atoms with Gasteiger partial charge in [-0.3, -0.25) is 4.79 Å². The third kappa shape index (κ3) is 3.29. The molecule has 1 saturated carbocycles. The number of aryl methyl sites for hydroxylation is 1. The molecule has 1 fully saturated rings. The van der Waals surface area contributed by atoms with Crippen LogP contribution in [0.2, 0.25) is 0 Å². The molecule has 0 unspecified atom stereocenters. The van der Waals surface area contributed by atoms with E-state index in [1.165, 1.54) is 13.1 Å². The van der Waals surface area contributed by atoms with Crippen molar-refractivity contribution in [2.75, 3.05) is 19.3 Å². The van der Waals surface area contributed by atoms with E-state index in [9.17, 15) is 13.2 Å². The number of nitrogens with two attached hydrogens (primary N) is 1. The molecule has 1 aliphatic rings. The Hall–Kier alpha value is -1.60. The van der Waals surface area contributed by atoms with Crippen molar-refractivity contribution in [3.8, 4) is 0 Å². The largest absolute Gasteiger partial charge is 0.398 e. The van der Waals surface area contributed by atoms with Crippen LogP contribution >= 0.6 is 0 Å². The van der Waals surface area contributed by atoms with Gasteiger partial charge in [-0.2, -0.15) is 4.31 Å². The number of sulfonamides is 1. The van der Waals surface area contributed by atoms with Gasteiger partial charge < -0.3 is 11.1 Å². The standard InChI is InChI=1S/C13H19N3O3S/c1-9-3-6-12(11(14)7-9)20(18,19)16(2)8-13(17)15-10-4-5-10/h3,6-7,10H,4-5,8,14H2,1-2H3,(H,15,17). The number of likely N-dealkylation sites (N-methyl/N-ethyl adjacent to an activating group) is 1. The maximum Gasteiger partial charge on any atom is 0.245 e. The fourth-order valence-corrected chi connectivity index (χ4v) is 3.08. The van der Waals surface area contributed by atoms with E-state index >= 15 is 0 Å². The lowest BCUT2D eigenvalue weighted by Gasteiger charge is -2.18. The first-order valence-corrected chi connectivity index (χ1v) is 7.86. The second-order valence-corrected chi connectivity index (χ2v) is 7.16. The van der Waals surface area contributed by atoms with E-state index in [-0.39, 0.29) is 29.1 Å². The van der Waals surface area contributed by atoms with Crippen LogP contribution in [0.15, 0.2) is 23.1 Å². The highest BCUT2D eigenvalue weighted by Gasteiger charge is 2.28. The van der Waals surface area contributed by atoms with Crippen LogP contribution in [-0.4, -0.2) is 38.3 Å². The van der Waals surface area contributed by atoms with Crippen LogP contribution in [0.5, 0.6) is 0 Å². The Balaban J connectivity index is 2.13. The number of nitrogens with one attached hydrogen (secondary N) is 1. The zero-order chi connectivity index (χ0) is 14.9. The van der Waals surface area contributed by atoms with Gasteiger partial charge in [0.2, 0.25) is 15.9 Å². The average Bonchev–Trinajstić information content (AvgIpc) is 3.11. The second-order valence-electron chi connectivity index (χ2n) is 5.14. The lowest BCUT2D eigenvalue weighted by molar-refractivity contribution is -0.121. The average molecular weight is 297 g/mol. The van der Waals surface area contributed by atoms with Gasteiger partial charge in [-0.25, -0.2) is 8.42 Å². The Bertz CT molecular complexity index is 624. The first-order chi connectivity index (χ1) is 9.30. The fourth-order valence-electron chi connectivity index (χ4n) is 1.86. The number of benzene rings is 1. The van der Waals surface area contributed by atoms with E-state index in [0.29, 0.717) is 0 Å². The molecule has 1 aromatic rings. The van der Waals surface area contributed by atoms with Crippen molar-refractivity contribution < 1.29 is 13.2 Å². The number of hydrogen-bond acceptors (Lipinski definition) is 4. The molecule has 1 amide bonds. The summed E-state index contributed by atoms with van der Waals surface area (Å²) in [5.74, 6) is -0.288. The van der Waals surface area contributed by atoms with E-state index in [1.54, 1.807) is 12.1 Å².